The van der Waals surface area contributed by atoms with Crippen LogP contribution in [0.15, 0.2) is 60.8 Å². The Kier molecular flexibility index (Phi) is 3.65. The number of amides is 2. The topological polar surface area (TPSA) is 76.0 Å². The second-order valence-electron chi connectivity index (χ2n) is 7.10. The summed E-state index contributed by atoms with van der Waals surface area (Å²) in [7, 11) is 0. The van der Waals surface area contributed by atoms with E-state index in [2.05, 4.69) is 22.5 Å². The summed E-state index contributed by atoms with van der Waals surface area (Å²) < 4.78 is 2.00. The van der Waals surface area contributed by atoms with Gasteiger partial charge in [0.05, 0.1) is 17.4 Å². The van der Waals surface area contributed by atoms with Crippen LogP contribution in [0.5, 0.6) is 0 Å². The van der Waals surface area contributed by atoms with Crippen LogP contribution in [-0.4, -0.2) is 27.9 Å². The van der Waals surface area contributed by atoms with Gasteiger partial charge in [0, 0.05) is 34.4 Å². The minimum Gasteiger partial charge on any atom is -0.349 e. The molecule has 2 amide bonds. The maximum absolute atomic E-state index is 12.8. The van der Waals surface area contributed by atoms with Crippen LogP contribution in [0.4, 0.5) is 5.69 Å². The van der Waals surface area contributed by atoms with Gasteiger partial charge in [0.2, 0.25) is 0 Å². The monoisotopic (exact) mass is 370 g/mol. The van der Waals surface area contributed by atoms with Gasteiger partial charge in [-0.3, -0.25) is 14.6 Å². The van der Waals surface area contributed by atoms with E-state index in [9.17, 15) is 9.59 Å². The molecular weight excluding hydrogens is 352 g/mol. The van der Waals surface area contributed by atoms with Crippen LogP contribution in [0.1, 0.15) is 33.8 Å². The van der Waals surface area contributed by atoms with Crippen molar-refractivity contribution in [1.82, 2.24) is 14.9 Å². The first-order chi connectivity index (χ1) is 13.6. The molecule has 138 valence electrons. The van der Waals surface area contributed by atoms with Crippen molar-refractivity contribution in [3.63, 3.8) is 0 Å². The zero-order valence-electron chi connectivity index (χ0n) is 15.3. The average molecular weight is 370 g/mol. The molecule has 6 nitrogen and oxygen atoms in total. The fraction of sp³-hybridized carbons (Fsp3) is 0.136. The molecule has 1 aliphatic heterocycles. The molecule has 0 aliphatic carbocycles. The summed E-state index contributed by atoms with van der Waals surface area (Å²) in [4.78, 5) is 29.3. The van der Waals surface area contributed by atoms with E-state index >= 15 is 0 Å². The van der Waals surface area contributed by atoms with Gasteiger partial charge in [-0.25, -0.2) is 0 Å². The van der Waals surface area contributed by atoms with Gasteiger partial charge in [0.1, 0.15) is 5.69 Å². The van der Waals surface area contributed by atoms with Gasteiger partial charge in [-0.1, -0.05) is 24.3 Å². The minimum absolute atomic E-state index is 0.0810. The SMILES string of the molecule is CC1CNC(=O)c2cc3ccc(C(=O)Nc4cnc5ccccc5c4)cc3n21. The smallest absolute Gasteiger partial charge is 0.268 e. The molecular formula is C22H18N4O2. The van der Waals surface area contributed by atoms with Crippen molar-refractivity contribution < 1.29 is 9.59 Å². The Hall–Kier alpha value is -3.67. The van der Waals surface area contributed by atoms with Gasteiger partial charge in [-0.15, -0.1) is 0 Å². The first kappa shape index (κ1) is 16.5. The summed E-state index contributed by atoms with van der Waals surface area (Å²) in [5, 5.41) is 7.72. The number of carbonyl (C=O) groups excluding carboxylic acids is 2. The quantitative estimate of drug-likeness (QED) is 0.564. The van der Waals surface area contributed by atoms with E-state index in [1.807, 2.05) is 53.1 Å². The summed E-state index contributed by atoms with van der Waals surface area (Å²) >= 11 is 0. The van der Waals surface area contributed by atoms with Crippen molar-refractivity contribution in [2.75, 3.05) is 11.9 Å². The fourth-order valence-electron chi connectivity index (χ4n) is 3.78. The lowest BCUT2D eigenvalue weighted by atomic mass is 10.1. The van der Waals surface area contributed by atoms with E-state index in [0.29, 0.717) is 23.5 Å². The predicted molar refractivity (Wildman–Crippen MR) is 109 cm³/mol. The summed E-state index contributed by atoms with van der Waals surface area (Å²) in [6, 6.07) is 17.2. The second kappa shape index (κ2) is 6.20. The molecule has 4 aromatic rings. The number of benzene rings is 2. The highest BCUT2D eigenvalue weighted by molar-refractivity contribution is 6.07. The number of fused-ring (bicyclic) bond motifs is 4. The van der Waals surface area contributed by atoms with Crippen LogP contribution in [0.25, 0.3) is 21.8 Å². The largest absolute Gasteiger partial charge is 0.349 e. The lowest BCUT2D eigenvalue weighted by Gasteiger charge is -2.24. The molecule has 0 saturated heterocycles. The maximum Gasteiger partial charge on any atom is 0.268 e. The molecule has 1 unspecified atom stereocenters. The van der Waals surface area contributed by atoms with Crippen molar-refractivity contribution in [2.24, 2.45) is 0 Å². The molecule has 6 heteroatoms. The van der Waals surface area contributed by atoms with Crippen molar-refractivity contribution >= 4 is 39.3 Å². The molecule has 1 atom stereocenters. The molecule has 0 saturated carbocycles. The normalized spacial score (nSPS) is 16.0. The van der Waals surface area contributed by atoms with Crippen LogP contribution >= 0.6 is 0 Å². The van der Waals surface area contributed by atoms with E-state index < -0.39 is 0 Å². The van der Waals surface area contributed by atoms with E-state index in [0.717, 1.165) is 21.8 Å². The molecule has 2 N–H and O–H groups in total. The van der Waals surface area contributed by atoms with Gasteiger partial charge >= 0.3 is 0 Å². The van der Waals surface area contributed by atoms with Crippen molar-refractivity contribution in [2.45, 2.75) is 13.0 Å². The van der Waals surface area contributed by atoms with Gasteiger partial charge in [0.25, 0.3) is 11.8 Å². The van der Waals surface area contributed by atoms with Crippen LogP contribution in [0.2, 0.25) is 0 Å². The van der Waals surface area contributed by atoms with E-state index in [-0.39, 0.29) is 17.9 Å². The number of para-hydroxylation sites is 1. The Morgan fingerprint density at radius 2 is 2.00 bits per heavy atom. The van der Waals surface area contributed by atoms with E-state index in [1.165, 1.54) is 0 Å². The first-order valence-corrected chi connectivity index (χ1v) is 9.19. The number of hydrogen-bond donors (Lipinski definition) is 2. The third-order valence-electron chi connectivity index (χ3n) is 5.18. The lowest BCUT2D eigenvalue weighted by molar-refractivity contribution is 0.0919. The third-order valence-corrected chi connectivity index (χ3v) is 5.18. The van der Waals surface area contributed by atoms with E-state index in [1.54, 1.807) is 12.3 Å². The van der Waals surface area contributed by atoms with Gasteiger partial charge in [-0.05, 0) is 37.3 Å². The second-order valence-corrected chi connectivity index (χ2v) is 7.10. The Morgan fingerprint density at radius 1 is 1.14 bits per heavy atom. The number of aromatic nitrogens is 2. The number of nitrogens with one attached hydrogen (secondary N) is 2. The molecule has 5 rings (SSSR count). The molecule has 28 heavy (non-hydrogen) atoms. The molecule has 1 aliphatic rings. The van der Waals surface area contributed by atoms with Crippen molar-refractivity contribution in [3.05, 3.63) is 72.1 Å². The highest BCUT2D eigenvalue weighted by atomic mass is 16.2. The fourth-order valence-corrected chi connectivity index (χ4v) is 3.78. The number of anilines is 1. The van der Waals surface area contributed by atoms with Gasteiger partial charge in [0.15, 0.2) is 0 Å². The van der Waals surface area contributed by atoms with Gasteiger partial charge < -0.3 is 15.2 Å². The Labute approximate surface area is 161 Å². The van der Waals surface area contributed by atoms with Crippen molar-refractivity contribution in [1.29, 1.82) is 0 Å². The summed E-state index contributed by atoms with van der Waals surface area (Å²) in [5.74, 6) is -0.287. The standard InChI is InChI=1S/C22H18N4O2/c1-13-11-24-22(28)20-9-15-6-7-16(10-19(15)26(13)20)21(27)25-17-8-14-4-2-3-5-18(14)23-12-17/h2-10,12-13H,11H2,1H3,(H,24,28)(H,25,27). The van der Waals surface area contributed by atoms with Crippen LogP contribution in [0.3, 0.4) is 0 Å². The average Bonchev–Trinajstić information content (AvgIpc) is 3.11. The van der Waals surface area contributed by atoms with E-state index in [4.69, 9.17) is 0 Å². The zero-order valence-corrected chi connectivity index (χ0v) is 15.3. The number of rotatable bonds is 2. The van der Waals surface area contributed by atoms with Gasteiger partial charge in [-0.2, -0.15) is 0 Å². The Bertz CT molecular complexity index is 1260. The summed E-state index contributed by atoms with van der Waals surface area (Å²) in [5.41, 5.74) is 3.59. The predicted octanol–water partition coefficient (Wildman–Crippen LogP) is 3.75. The molecule has 3 heterocycles. The molecule has 2 aromatic heterocycles. The first-order valence-electron chi connectivity index (χ1n) is 9.19. The Balaban J connectivity index is 1.50. The maximum atomic E-state index is 12.8. The number of carbonyl (C=O) groups is 2. The number of nitrogens with zero attached hydrogens (tertiary/aromatic N) is 2. The molecule has 0 bridgehead atoms. The lowest BCUT2D eigenvalue weighted by Crippen LogP contribution is -2.37. The number of hydrogen-bond acceptors (Lipinski definition) is 3. The summed E-state index contributed by atoms with van der Waals surface area (Å²) in [6.45, 7) is 2.63. The Morgan fingerprint density at radius 3 is 2.89 bits per heavy atom. The zero-order chi connectivity index (χ0) is 19.3. The van der Waals surface area contributed by atoms with Crippen LogP contribution in [-0.2, 0) is 0 Å². The van der Waals surface area contributed by atoms with Crippen molar-refractivity contribution in [3.8, 4) is 0 Å². The molecule has 0 spiro atoms. The molecule has 2 aromatic carbocycles. The molecule has 0 fully saturated rings. The number of pyridine rings is 1. The highest BCUT2D eigenvalue weighted by Crippen LogP contribution is 2.28. The minimum atomic E-state index is -0.206. The van der Waals surface area contributed by atoms with Crippen LogP contribution < -0.4 is 10.6 Å². The summed E-state index contributed by atoms with van der Waals surface area (Å²) in [6.07, 6.45) is 1.66. The third kappa shape index (κ3) is 2.62. The van der Waals surface area contributed by atoms with Crippen LogP contribution in [0, 0.1) is 0 Å². The molecule has 0 radical (unpaired) electrons. The highest BCUT2D eigenvalue weighted by Gasteiger charge is 2.24.